The monoisotopic (exact) mass is 247 g/mol. The highest BCUT2D eigenvalue weighted by Gasteiger charge is 2.45. The van der Waals surface area contributed by atoms with Gasteiger partial charge in [0.2, 0.25) is 0 Å². The molecular formula is C15H21NO2. The number of ether oxygens (including phenoxy) is 1. The lowest BCUT2D eigenvalue weighted by atomic mass is 9.86. The lowest BCUT2D eigenvalue weighted by molar-refractivity contribution is -0.130. The lowest BCUT2D eigenvalue weighted by Gasteiger charge is -2.42. The summed E-state index contributed by atoms with van der Waals surface area (Å²) in [5.74, 6) is 0. The molecule has 0 radical (unpaired) electrons. The van der Waals surface area contributed by atoms with Crippen molar-refractivity contribution in [3.8, 4) is 0 Å². The third kappa shape index (κ3) is 2.30. The van der Waals surface area contributed by atoms with Gasteiger partial charge in [0.15, 0.2) is 0 Å². The van der Waals surface area contributed by atoms with Crippen LogP contribution >= 0.6 is 0 Å². The van der Waals surface area contributed by atoms with Gasteiger partial charge in [-0.1, -0.05) is 30.3 Å². The largest absolute Gasteiger partial charge is 0.389 e. The maximum atomic E-state index is 10.3. The van der Waals surface area contributed by atoms with E-state index in [0.717, 1.165) is 45.5 Å². The van der Waals surface area contributed by atoms with Crippen molar-refractivity contribution in [2.45, 2.75) is 37.5 Å². The van der Waals surface area contributed by atoms with Gasteiger partial charge in [0.05, 0.1) is 11.7 Å². The first-order valence-electron chi connectivity index (χ1n) is 6.87. The van der Waals surface area contributed by atoms with Crippen molar-refractivity contribution in [1.29, 1.82) is 0 Å². The summed E-state index contributed by atoms with van der Waals surface area (Å²) >= 11 is 0. The van der Waals surface area contributed by atoms with Crippen LogP contribution in [0.4, 0.5) is 0 Å². The summed E-state index contributed by atoms with van der Waals surface area (Å²) in [6, 6.07) is 10.5. The Hall–Kier alpha value is -0.900. The second-order valence-corrected chi connectivity index (χ2v) is 5.50. The molecule has 0 aromatic heterocycles. The number of β-amino-alcohol motifs (C(OH)–C–C–N with tert-alkyl or cyclic N) is 1. The zero-order valence-electron chi connectivity index (χ0n) is 10.7. The van der Waals surface area contributed by atoms with Crippen LogP contribution in [0.15, 0.2) is 30.3 Å². The second-order valence-electron chi connectivity index (χ2n) is 5.50. The van der Waals surface area contributed by atoms with E-state index in [0.29, 0.717) is 0 Å². The summed E-state index contributed by atoms with van der Waals surface area (Å²) in [5, 5.41) is 10.3. The Labute approximate surface area is 108 Å². The third-order valence-corrected chi connectivity index (χ3v) is 4.27. The number of aliphatic hydroxyl groups excluding tert-OH is 1. The van der Waals surface area contributed by atoms with E-state index in [1.165, 1.54) is 5.56 Å². The topological polar surface area (TPSA) is 32.7 Å². The van der Waals surface area contributed by atoms with E-state index in [-0.39, 0.29) is 11.7 Å². The number of piperidine rings is 1. The molecule has 2 atom stereocenters. The van der Waals surface area contributed by atoms with Crippen molar-refractivity contribution in [3.05, 3.63) is 35.9 Å². The summed E-state index contributed by atoms with van der Waals surface area (Å²) in [6.07, 6.45) is 2.74. The van der Waals surface area contributed by atoms with Gasteiger partial charge < -0.3 is 9.84 Å². The van der Waals surface area contributed by atoms with Crippen molar-refractivity contribution < 1.29 is 9.84 Å². The first-order valence-corrected chi connectivity index (χ1v) is 6.87. The number of likely N-dealkylation sites (tertiary alicyclic amines) is 1. The van der Waals surface area contributed by atoms with E-state index in [1.54, 1.807) is 0 Å². The van der Waals surface area contributed by atoms with E-state index >= 15 is 0 Å². The highest BCUT2D eigenvalue weighted by Crippen LogP contribution is 2.36. The minimum atomic E-state index is -0.336. The van der Waals surface area contributed by atoms with Crippen LogP contribution in [0.5, 0.6) is 0 Å². The second kappa shape index (κ2) is 5.00. The number of benzene rings is 1. The fourth-order valence-corrected chi connectivity index (χ4v) is 3.18. The van der Waals surface area contributed by atoms with Crippen LogP contribution in [-0.4, -0.2) is 41.4 Å². The third-order valence-electron chi connectivity index (χ3n) is 4.27. The van der Waals surface area contributed by atoms with Crippen molar-refractivity contribution in [2.24, 2.45) is 0 Å². The summed E-state index contributed by atoms with van der Waals surface area (Å²) in [5.41, 5.74) is 1.08. The van der Waals surface area contributed by atoms with Gasteiger partial charge in [-0.05, 0) is 24.8 Å². The minimum Gasteiger partial charge on any atom is -0.389 e. The van der Waals surface area contributed by atoms with Gasteiger partial charge in [0, 0.05) is 26.2 Å². The summed E-state index contributed by atoms with van der Waals surface area (Å²) in [7, 11) is 0. The molecule has 3 heteroatoms. The molecule has 0 bridgehead atoms. The fourth-order valence-electron chi connectivity index (χ4n) is 3.18. The zero-order valence-corrected chi connectivity index (χ0v) is 10.7. The Morgan fingerprint density at radius 3 is 2.78 bits per heavy atom. The quantitative estimate of drug-likeness (QED) is 0.865. The average Bonchev–Trinajstić information content (AvgIpc) is 2.86. The summed E-state index contributed by atoms with van der Waals surface area (Å²) in [6.45, 7) is 3.49. The van der Waals surface area contributed by atoms with Crippen LogP contribution in [0.2, 0.25) is 0 Å². The van der Waals surface area contributed by atoms with Crippen molar-refractivity contribution >= 4 is 0 Å². The highest BCUT2D eigenvalue weighted by atomic mass is 16.5. The van der Waals surface area contributed by atoms with Crippen LogP contribution in [-0.2, 0) is 11.3 Å². The van der Waals surface area contributed by atoms with E-state index in [4.69, 9.17) is 4.74 Å². The molecule has 2 aliphatic rings. The van der Waals surface area contributed by atoms with Gasteiger partial charge in [-0.25, -0.2) is 0 Å². The SMILES string of the molecule is O[C@H]1CN(Cc2ccccc2)CC[C@@]12CCCO2. The molecule has 0 aliphatic carbocycles. The van der Waals surface area contributed by atoms with Gasteiger partial charge >= 0.3 is 0 Å². The number of rotatable bonds is 2. The molecule has 1 aromatic carbocycles. The molecule has 0 saturated carbocycles. The molecule has 2 saturated heterocycles. The molecule has 2 aliphatic heterocycles. The Balaban J connectivity index is 1.61. The van der Waals surface area contributed by atoms with E-state index in [9.17, 15) is 5.11 Å². The van der Waals surface area contributed by atoms with Crippen molar-refractivity contribution in [2.75, 3.05) is 19.7 Å². The van der Waals surface area contributed by atoms with E-state index in [1.807, 2.05) is 6.07 Å². The van der Waals surface area contributed by atoms with E-state index < -0.39 is 0 Å². The molecule has 0 unspecified atom stereocenters. The fraction of sp³-hybridized carbons (Fsp3) is 0.600. The maximum absolute atomic E-state index is 10.3. The molecule has 2 heterocycles. The predicted octanol–water partition coefficient (Wildman–Crippen LogP) is 1.80. The highest BCUT2D eigenvalue weighted by molar-refractivity contribution is 5.14. The normalized spacial score (nSPS) is 33.1. The standard InChI is InChI=1S/C15H21NO2/c17-14-12-16(11-13-5-2-1-3-6-13)9-8-15(14)7-4-10-18-15/h1-3,5-6,14,17H,4,7-12H2/t14-,15-/m0/s1. The number of hydrogen-bond donors (Lipinski definition) is 1. The molecule has 3 nitrogen and oxygen atoms in total. The molecule has 98 valence electrons. The van der Waals surface area contributed by atoms with Gasteiger partial charge in [0.1, 0.15) is 0 Å². The van der Waals surface area contributed by atoms with E-state index in [2.05, 4.69) is 29.2 Å². The van der Waals surface area contributed by atoms with Gasteiger partial charge in [0.25, 0.3) is 0 Å². The van der Waals surface area contributed by atoms with Crippen LogP contribution in [0.25, 0.3) is 0 Å². The number of nitrogens with zero attached hydrogens (tertiary/aromatic N) is 1. The van der Waals surface area contributed by atoms with Crippen LogP contribution < -0.4 is 0 Å². The molecule has 0 amide bonds. The van der Waals surface area contributed by atoms with Gasteiger partial charge in [-0.2, -0.15) is 0 Å². The first kappa shape index (κ1) is 12.2. The molecule has 3 rings (SSSR count). The van der Waals surface area contributed by atoms with Crippen LogP contribution in [0, 0.1) is 0 Å². The van der Waals surface area contributed by atoms with Gasteiger partial charge in [-0.3, -0.25) is 4.90 Å². The Morgan fingerprint density at radius 2 is 2.11 bits per heavy atom. The molecule has 1 N–H and O–H groups in total. The summed E-state index contributed by atoms with van der Waals surface area (Å²) < 4.78 is 5.82. The van der Waals surface area contributed by atoms with Crippen LogP contribution in [0.3, 0.4) is 0 Å². The van der Waals surface area contributed by atoms with Crippen LogP contribution in [0.1, 0.15) is 24.8 Å². The minimum absolute atomic E-state index is 0.229. The predicted molar refractivity (Wildman–Crippen MR) is 70.3 cm³/mol. The van der Waals surface area contributed by atoms with Crippen molar-refractivity contribution in [1.82, 2.24) is 4.90 Å². The summed E-state index contributed by atoms with van der Waals surface area (Å²) in [4.78, 5) is 2.33. The Kier molecular flexibility index (Phi) is 3.37. The van der Waals surface area contributed by atoms with Crippen molar-refractivity contribution in [3.63, 3.8) is 0 Å². The maximum Gasteiger partial charge on any atom is 0.0965 e. The number of hydrogen-bond acceptors (Lipinski definition) is 3. The lowest BCUT2D eigenvalue weighted by Crippen LogP contribution is -2.54. The molecule has 2 fully saturated rings. The molecule has 1 spiro atoms. The average molecular weight is 247 g/mol. The molecule has 1 aromatic rings. The smallest absolute Gasteiger partial charge is 0.0965 e. The zero-order chi connectivity index (χ0) is 12.4. The molecule has 18 heavy (non-hydrogen) atoms. The molecular weight excluding hydrogens is 226 g/mol. The Morgan fingerprint density at radius 1 is 1.28 bits per heavy atom. The number of aliphatic hydroxyl groups is 1. The Bertz CT molecular complexity index is 387. The van der Waals surface area contributed by atoms with Gasteiger partial charge in [-0.15, -0.1) is 0 Å². The first-order chi connectivity index (χ1) is 8.78.